The molecule has 0 bridgehead atoms. The predicted molar refractivity (Wildman–Crippen MR) is 115 cm³/mol. The number of rotatable bonds is 6. The molecule has 0 saturated carbocycles. The fourth-order valence-electron chi connectivity index (χ4n) is 3.25. The number of hydrogen-bond donors (Lipinski definition) is 2. The molecule has 0 radical (unpaired) electrons. The molecule has 148 valence electrons. The molecule has 1 heterocycles. The van der Waals surface area contributed by atoms with Crippen molar-refractivity contribution in [1.82, 2.24) is 0 Å². The molecular weight excluding hydrogens is 373 g/mol. The van der Waals surface area contributed by atoms with Crippen molar-refractivity contribution in [1.29, 1.82) is 0 Å². The number of carbonyl (C=O) groups is 1. The van der Waals surface area contributed by atoms with E-state index in [-0.39, 0.29) is 11.6 Å². The van der Waals surface area contributed by atoms with E-state index in [1.54, 1.807) is 24.3 Å². The van der Waals surface area contributed by atoms with Gasteiger partial charge in [0, 0.05) is 11.3 Å². The Hall–Kier alpha value is -2.34. The van der Waals surface area contributed by atoms with Gasteiger partial charge < -0.3 is 11.1 Å². The van der Waals surface area contributed by atoms with Gasteiger partial charge in [0.2, 0.25) is 0 Å². The molecule has 6 heteroatoms. The molecule has 3 N–H and O–H groups in total. The summed E-state index contributed by atoms with van der Waals surface area (Å²) in [7, 11) is 0. The number of amidine groups is 1. The highest BCUT2D eigenvalue weighted by Crippen LogP contribution is 2.36. The van der Waals surface area contributed by atoms with Crippen LogP contribution in [0.5, 0.6) is 0 Å². The monoisotopic (exact) mass is 399 g/mol. The van der Waals surface area contributed by atoms with Gasteiger partial charge in [-0.25, -0.2) is 4.39 Å². The second-order valence-electron chi connectivity index (χ2n) is 7.27. The molecule has 1 aliphatic heterocycles. The number of unbranched alkanes of at least 4 members (excludes halogenated alkanes) is 1. The molecule has 0 aliphatic carbocycles. The number of aryl methyl sites for hydroxylation is 1. The van der Waals surface area contributed by atoms with Crippen LogP contribution in [0.15, 0.2) is 47.5 Å². The first-order chi connectivity index (χ1) is 13.4. The molecule has 0 spiro atoms. The highest BCUT2D eigenvalue weighted by Gasteiger charge is 2.30. The third-order valence-electron chi connectivity index (χ3n) is 5.07. The summed E-state index contributed by atoms with van der Waals surface area (Å²) in [5, 5.41) is 3.23. The van der Waals surface area contributed by atoms with Gasteiger partial charge >= 0.3 is 0 Å². The SMILES string of the molecule is CCCCc1ccc(C(=O)Nc2cc(C3(C)CCSC(N)=N3)ccc2F)cc1. The van der Waals surface area contributed by atoms with Crippen LogP contribution in [0.4, 0.5) is 10.1 Å². The highest BCUT2D eigenvalue weighted by molar-refractivity contribution is 8.13. The largest absolute Gasteiger partial charge is 0.379 e. The van der Waals surface area contributed by atoms with Gasteiger partial charge in [-0.05, 0) is 61.6 Å². The highest BCUT2D eigenvalue weighted by atomic mass is 32.2. The molecule has 4 nitrogen and oxygen atoms in total. The molecular formula is C22H26FN3OS. The Morgan fingerprint density at radius 2 is 2.04 bits per heavy atom. The third kappa shape index (κ3) is 4.73. The summed E-state index contributed by atoms with van der Waals surface area (Å²) in [6.07, 6.45) is 4.05. The molecule has 28 heavy (non-hydrogen) atoms. The van der Waals surface area contributed by atoms with Gasteiger partial charge in [0.1, 0.15) is 5.82 Å². The molecule has 1 amide bonds. The number of nitrogens with one attached hydrogen (secondary N) is 1. The van der Waals surface area contributed by atoms with Gasteiger partial charge in [0.05, 0.1) is 11.2 Å². The van der Waals surface area contributed by atoms with Crippen LogP contribution in [0.25, 0.3) is 0 Å². The van der Waals surface area contributed by atoms with Crippen LogP contribution in [-0.2, 0) is 12.0 Å². The number of amides is 1. The normalized spacial score (nSPS) is 19.2. The van der Waals surface area contributed by atoms with Gasteiger partial charge in [0.25, 0.3) is 5.91 Å². The van der Waals surface area contributed by atoms with Crippen LogP contribution in [-0.4, -0.2) is 16.8 Å². The van der Waals surface area contributed by atoms with Crippen molar-refractivity contribution < 1.29 is 9.18 Å². The Morgan fingerprint density at radius 1 is 1.29 bits per heavy atom. The number of carbonyl (C=O) groups excluding carboxylic acids is 1. The zero-order valence-corrected chi connectivity index (χ0v) is 17.1. The van der Waals surface area contributed by atoms with Crippen molar-refractivity contribution in [3.05, 3.63) is 65.0 Å². The van der Waals surface area contributed by atoms with E-state index in [9.17, 15) is 9.18 Å². The lowest BCUT2D eigenvalue weighted by Gasteiger charge is -2.30. The summed E-state index contributed by atoms with van der Waals surface area (Å²) in [6, 6.07) is 12.2. The van der Waals surface area contributed by atoms with Crippen molar-refractivity contribution in [3.8, 4) is 0 Å². The fourth-order valence-corrected chi connectivity index (χ4v) is 4.22. The Balaban J connectivity index is 1.78. The molecule has 0 saturated heterocycles. The summed E-state index contributed by atoms with van der Waals surface area (Å²) < 4.78 is 14.3. The number of nitrogens with two attached hydrogens (primary N) is 1. The summed E-state index contributed by atoms with van der Waals surface area (Å²) in [6.45, 7) is 4.13. The van der Waals surface area contributed by atoms with Gasteiger partial charge in [-0.1, -0.05) is 43.3 Å². The molecule has 0 fully saturated rings. The van der Waals surface area contributed by atoms with E-state index < -0.39 is 11.4 Å². The molecule has 2 aromatic rings. The molecule has 1 atom stereocenters. The first kappa shape index (κ1) is 20.4. The average Bonchev–Trinajstić information content (AvgIpc) is 2.68. The van der Waals surface area contributed by atoms with Crippen molar-refractivity contribution >= 4 is 28.5 Å². The molecule has 0 aromatic heterocycles. The maximum absolute atomic E-state index is 14.3. The van der Waals surface area contributed by atoms with E-state index in [1.165, 1.54) is 23.4 Å². The lowest BCUT2D eigenvalue weighted by molar-refractivity contribution is 0.102. The van der Waals surface area contributed by atoms with E-state index >= 15 is 0 Å². The minimum absolute atomic E-state index is 0.158. The Labute approximate surface area is 169 Å². The van der Waals surface area contributed by atoms with Gasteiger partial charge in [0.15, 0.2) is 5.17 Å². The van der Waals surface area contributed by atoms with Crippen LogP contribution in [0, 0.1) is 5.82 Å². The molecule has 3 rings (SSSR count). The second-order valence-corrected chi connectivity index (χ2v) is 8.39. The van der Waals surface area contributed by atoms with Crippen molar-refractivity contribution in [2.75, 3.05) is 11.1 Å². The van der Waals surface area contributed by atoms with E-state index in [4.69, 9.17) is 5.73 Å². The molecule has 1 aliphatic rings. The number of anilines is 1. The zero-order chi connectivity index (χ0) is 20.1. The number of thioether (sulfide) groups is 1. The standard InChI is InChI=1S/C22H26FN3OS/c1-3-4-5-15-6-8-16(9-7-15)20(27)25-19-14-17(10-11-18(19)23)22(2)12-13-28-21(24)26-22/h6-11,14H,3-5,12-13H2,1-2H3,(H2,24,26)(H,25,27). The Morgan fingerprint density at radius 3 is 2.71 bits per heavy atom. The Bertz CT molecular complexity index is 882. The number of nitrogens with zero attached hydrogens (tertiary/aromatic N) is 1. The smallest absolute Gasteiger partial charge is 0.255 e. The molecule has 1 unspecified atom stereocenters. The van der Waals surface area contributed by atoms with Crippen molar-refractivity contribution in [3.63, 3.8) is 0 Å². The van der Waals surface area contributed by atoms with E-state index in [2.05, 4.69) is 17.2 Å². The number of benzene rings is 2. The summed E-state index contributed by atoms with van der Waals surface area (Å²) in [5.74, 6) is 0.0582. The minimum atomic E-state index is -0.510. The van der Waals surface area contributed by atoms with Crippen LogP contribution < -0.4 is 11.1 Å². The van der Waals surface area contributed by atoms with Crippen LogP contribution in [0.1, 0.15) is 54.6 Å². The van der Waals surface area contributed by atoms with Crippen molar-refractivity contribution in [2.45, 2.75) is 45.1 Å². The average molecular weight is 400 g/mol. The maximum Gasteiger partial charge on any atom is 0.255 e. The summed E-state index contributed by atoms with van der Waals surface area (Å²) >= 11 is 1.52. The van der Waals surface area contributed by atoms with E-state index in [0.717, 1.165) is 37.0 Å². The number of hydrogen-bond acceptors (Lipinski definition) is 4. The van der Waals surface area contributed by atoms with Gasteiger partial charge in [-0.3, -0.25) is 9.79 Å². The van der Waals surface area contributed by atoms with Crippen LogP contribution >= 0.6 is 11.8 Å². The number of halogens is 1. The van der Waals surface area contributed by atoms with Gasteiger partial charge in [-0.2, -0.15) is 0 Å². The lowest BCUT2D eigenvalue weighted by atomic mass is 9.89. The van der Waals surface area contributed by atoms with E-state index in [1.807, 2.05) is 19.1 Å². The topological polar surface area (TPSA) is 67.5 Å². The minimum Gasteiger partial charge on any atom is -0.379 e. The first-order valence-corrected chi connectivity index (χ1v) is 10.6. The van der Waals surface area contributed by atoms with Crippen molar-refractivity contribution in [2.24, 2.45) is 10.7 Å². The van der Waals surface area contributed by atoms with Crippen LogP contribution in [0.2, 0.25) is 0 Å². The molecule has 2 aromatic carbocycles. The first-order valence-electron chi connectivity index (χ1n) is 9.60. The maximum atomic E-state index is 14.3. The fraction of sp³-hybridized carbons (Fsp3) is 0.364. The Kier molecular flexibility index (Phi) is 6.39. The summed E-state index contributed by atoms with van der Waals surface area (Å²) in [5.41, 5.74) is 8.07. The van der Waals surface area contributed by atoms with Gasteiger partial charge in [-0.15, -0.1) is 0 Å². The quantitative estimate of drug-likeness (QED) is 0.711. The lowest BCUT2D eigenvalue weighted by Crippen LogP contribution is -2.29. The van der Waals surface area contributed by atoms with Crippen LogP contribution in [0.3, 0.4) is 0 Å². The van der Waals surface area contributed by atoms with E-state index in [0.29, 0.717) is 10.7 Å². The zero-order valence-electron chi connectivity index (χ0n) is 16.3. The third-order valence-corrected chi connectivity index (χ3v) is 5.86. The number of aliphatic imine (C=N–C) groups is 1. The summed E-state index contributed by atoms with van der Waals surface area (Å²) in [4.78, 5) is 17.1. The predicted octanol–water partition coefficient (Wildman–Crippen LogP) is 5.09. The second kappa shape index (κ2) is 8.78.